The van der Waals surface area contributed by atoms with Gasteiger partial charge in [0.15, 0.2) is 23.0 Å². The average Bonchev–Trinajstić information content (AvgIpc) is 3.10. The zero-order valence-corrected chi connectivity index (χ0v) is 27.3. The second kappa shape index (κ2) is 18.4. The maximum Gasteiger partial charge on any atom is 0.203 e. The maximum absolute atomic E-state index is 6.31. The van der Waals surface area contributed by atoms with Gasteiger partial charge in [-0.05, 0) is 78.0 Å². The van der Waals surface area contributed by atoms with E-state index >= 15 is 0 Å². The fourth-order valence-electron chi connectivity index (χ4n) is 4.96. The molecule has 0 aromatic heterocycles. The number of benzene rings is 5. The lowest BCUT2D eigenvalue weighted by Gasteiger charge is -2.18. The topological polar surface area (TPSA) is 58.2 Å². The summed E-state index contributed by atoms with van der Waals surface area (Å²) in [6.07, 6.45) is 1.68. The molecule has 0 fully saturated rings. The molecule has 5 rings (SSSR count). The summed E-state index contributed by atoms with van der Waals surface area (Å²) >= 11 is 0. The lowest BCUT2D eigenvalue weighted by Crippen LogP contribution is -2.20. The quantitative estimate of drug-likeness (QED) is 0.103. The second-order valence-corrected chi connectivity index (χ2v) is 10.7. The van der Waals surface area contributed by atoms with Crippen molar-refractivity contribution in [2.75, 3.05) is 27.3 Å². The molecule has 0 aliphatic carbocycles. The highest BCUT2D eigenvalue weighted by Gasteiger charge is 2.16. The molecule has 46 heavy (non-hydrogen) atoms. The number of hydrogen-bond donors (Lipinski definition) is 1. The van der Waals surface area contributed by atoms with Crippen LogP contribution in [0.2, 0.25) is 0 Å². The second-order valence-electron chi connectivity index (χ2n) is 10.7. The Hall–Kier alpha value is -4.65. The van der Waals surface area contributed by atoms with Crippen LogP contribution < -0.4 is 29.0 Å². The van der Waals surface area contributed by atoms with Crippen LogP contribution in [0, 0.1) is 0 Å². The number of ether oxygens (including phenoxy) is 5. The molecule has 6 nitrogen and oxygen atoms in total. The average molecular weight is 640 g/mol. The molecule has 0 bridgehead atoms. The summed E-state index contributed by atoms with van der Waals surface area (Å²) in [6, 6.07) is 40.6. The van der Waals surface area contributed by atoms with Crippen LogP contribution in [0.25, 0.3) is 0 Å². The lowest BCUT2D eigenvalue weighted by atomic mass is 10.1. The first-order valence-corrected chi connectivity index (χ1v) is 15.3. The molecule has 0 aliphatic heterocycles. The Bertz CT molecular complexity index is 1600. The van der Waals surface area contributed by atoms with Gasteiger partial charge in [0, 0.05) is 0 Å². The monoisotopic (exact) mass is 639 g/mol. The number of hydrogen-bond acceptors (Lipinski definition) is 6. The van der Waals surface area contributed by atoms with Crippen molar-refractivity contribution in [3.05, 3.63) is 149 Å². The molecule has 0 radical (unpaired) electrons. The summed E-state index contributed by atoms with van der Waals surface area (Å²) in [4.78, 5) is 0. The van der Waals surface area contributed by atoms with Crippen molar-refractivity contribution in [2.45, 2.75) is 32.7 Å². The Labute approximate surface area is 278 Å². The summed E-state index contributed by atoms with van der Waals surface area (Å²) < 4.78 is 30.0. The Morgan fingerprint density at radius 2 is 0.891 bits per heavy atom. The maximum atomic E-state index is 6.31. The highest BCUT2D eigenvalue weighted by atomic mass is 35.5. The molecule has 0 unspecified atom stereocenters. The fraction of sp³-hybridized carbons (Fsp3) is 0.231. The predicted octanol–water partition coefficient (Wildman–Crippen LogP) is 8.24. The molecule has 0 saturated carbocycles. The van der Waals surface area contributed by atoms with Gasteiger partial charge in [0.2, 0.25) is 5.75 Å². The summed E-state index contributed by atoms with van der Waals surface area (Å²) in [7, 11) is 3.33. The molecule has 5 aromatic carbocycles. The third kappa shape index (κ3) is 10.2. The summed E-state index contributed by atoms with van der Waals surface area (Å²) in [6.45, 7) is 2.99. The van der Waals surface area contributed by atoms with E-state index in [-0.39, 0.29) is 12.4 Å². The van der Waals surface area contributed by atoms with Crippen molar-refractivity contribution in [1.82, 2.24) is 5.32 Å². The Kier molecular flexibility index (Phi) is 13.7. The van der Waals surface area contributed by atoms with E-state index in [1.54, 1.807) is 14.2 Å². The van der Waals surface area contributed by atoms with Gasteiger partial charge < -0.3 is 29.0 Å². The van der Waals surface area contributed by atoms with Crippen molar-refractivity contribution < 1.29 is 23.7 Å². The minimum atomic E-state index is 0. The smallest absolute Gasteiger partial charge is 0.203 e. The highest BCUT2D eigenvalue weighted by molar-refractivity contribution is 5.85. The third-order valence-electron chi connectivity index (χ3n) is 7.41. The van der Waals surface area contributed by atoms with Gasteiger partial charge in [-0.3, -0.25) is 0 Å². The SMILES string of the molecule is COc1ccc(CCNCCc2cc(OC)c(OCc3ccccc3)c(OCc3ccccc3)c2)cc1OCc1ccccc1.Cl. The van der Waals surface area contributed by atoms with Gasteiger partial charge in [-0.25, -0.2) is 0 Å². The minimum absolute atomic E-state index is 0. The minimum Gasteiger partial charge on any atom is -0.493 e. The van der Waals surface area contributed by atoms with Gasteiger partial charge in [-0.1, -0.05) is 97.1 Å². The zero-order valence-electron chi connectivity index (χ0n) is 26.4. The van der Waals surface area contributed by atoms with Crippen LogP contribution in [0.4, 0.5) is 0 Å². The Morgan fingerprint density at radius 3 is 1.43 bits per heavy atom. The molecular weight excluding hydrogens is 598 g/mol. The van der Waals surface area contributed by atoms with E-state index in [1.165, 1.54) is 5.56 Å². The number of nitrogens with one attached hydrogen (secondary N) is 1. The van der Waals surface area contributed by atoms with Crippen LogP contribution in [0.3, 0.4) is 0 Å². The first kappa shape index (κ1) is 34.2. The molecule has 5 aromatic rings. The summed E-state index contributed by atoms with van der Waals surface area (Å²) in [5, 5.41) is 3.58. The van der Waals surface area contributed by atoms with Gasteiger partial charge in [0.1, 0.15) is 19.8 Å². The Balaban J connectivity index is 0.00000480. The lowest BCUT2D eigenvalue weighted by molar-refractivity contribution is 0.243. The van der Waals surface area contributed by atoms with Gasteiger partial charge in [-0.2, -0.15) is 0 Å². The van der Waals surface area contributed by atoms with E-state index in [0.717, 1.165) is 59.7 Å². The van der Waals surface area contributed by atoms with E-state index in [9.17, 15) is 0 Å². The number of methoxy groups -OCH3 is 2. The molecule has 0 aliphatic rings. The van der Waals surface area contributed by atoms with E-state index in [0.29, 0.717) is 37.1 Å². The van der Waals surface area contributed by atoms with Gasteiger partial charge in [0.05, 0.1) is 14.2 Å². The molecule has 0 heterocycles. The standard InChI is InChI=1S/C39H41NO5.ClH/c1-41-35-19-18-30(24-36(35)43-27-31-12-6-3-7-13-31)20-22-40-23-21-34-25-37(42-2)39(45-29-33-16-10-5-11-17-33)38(26-34)44-28-32-14-8-4-9-15-32;/h3-19,24-26,40H,20-23,27-29H2,1-2H3;1H. The number of rotatable bonds is 17. The van der Waals surface area contributed by atoms with Gasteiger partial charge >= 0.3 is 0 Å². The van der Waals surface area contributed by atoms with Crippen LogP contribution in [0.1, 0.15) is 27.8 Å². The first-order chi connectivity index (χ1) is 22.2. The van der Waals surface area contributed by atoms with Crippen LogP contribution in [0.15, 0.2) is 121 Å². The first-order valence-electron chi connectivity index (χ1n) is 15.3. The van der Waals surface area contributed by atoms with Crippen LogP contribution >= 0.6 is 12.4 Å². The molecule has 7 heteroatoms. The highest BCUT2D eigenvalue weighted by Crippen LogP contribution is 2.40. The van der Waals surface area contributed by atoms with E-state index in [2.05, 4.69) is 47.8 Å². The fourth-order valence-corrected chi connectivity index (χ4v) is 4.96. The van der Waals surface area contributed by atoms with E-state index in [4.69, 9.17) is 23.7 Å². The van der Waals surface area contributed by atoms with Crippen molar-refractivity contribution in [1.29, 1.82) is 0 Å². The predicted molar refractivity (Wildman–Crippen MR) is 186 cm³/mol. The number of halogens is 1. The van der Waals surface area contributed by atoms with Gasteiger partial charge in [0.25, 0.3) is 0 Å². The normalized spacial score (nSPS) is 10.5. The van der Waals surface area contributed by atoms with E-state index in [1.807, 2.05) is 78.9 Å². The molecule has 0 spiro atoms. The van der Waals surface area contributed by atoms with Crippen LogP contribution in [0.5, 0.6) is 28.7 Å². The van der Waals surface area contributed by atoms with Crippen LogP contribution in [-0.4, -0.2) is 27.3 Å². The summed E-state index contributed by atoms with van der Waals surface area (Å²) in [5.74, 6) is 3.43. The van der Waals surface area contributed by atoms with Crippen molar-refractivity contribution in [3.63, 3.8) is 0 Å². The molecular formula is C39H42ClNO5. The van der Waals surface area contributed by atoms with Gasteiger partial charge in [-0.15, -0.1) is 12.4 Å². The Morgan fingerprint density at radius 1 is 0.435 bits per heavy atom. The molecule has 1 N–H and O–H groups in total. The van der Waals surface area contributed by atoms with Crippen molar-refractivity contribution >= 4 is 12.4 Å². The van der Waals surface area contributed by atoms with Crippen molar-refractivity contribution in [2.24, 2.45) is 0 Å². The van der Waals surface area contributed by atoms with Crippen molar-refractivity contribution in [3.8, 4) is 28.7 Å². The zero-order chi connectivity index (χ0) is 31.1. The molecule has 0 atom stereocenters. The molecule has 0 saturated heterocycles. The molecule has 240 valence electrons. The largest absolute Gasteiger partial charge is 0.493 e. The third-order valence-corrected chi connectivity index (χ3v) is 7.41. The van der Waals surface area contributed by atoms with E-state index < -0.39 is 0 Å². The van der Waals surface area contributed by atoms with Crippen LogP contribution in [-0.2, 0) is 32.7 Å². The molecule has 0 amide bonds. The summed E-state index contributed by atoms with van der Waals surface area (Å²) in [5.41, 5.74) is 5.58.